The van der Waals surface area contributed by atoms with Crippen molar-refractivity contribution in [1.29, 1.82) is 0 Å². The molecule has 0 aromatic rings. The smallest absolute Gasteiger partial charge is 0.150 e. The number of ketones is 8. The maximum absolute atomic E-state index is 12.3. The van der Waals surface area contributed by atoms with E-state index in [1.807, 2.05) is 0 Å². The van der Waals surface area contributed by atoms with Crippen LogP contribution in [0.1, 0.15) is 292 Å². The van der Waals surface area contributed by atoms with Gasteiger partial charge in [0.2, 0.25) is 0 Å². The van der Waals surface area contributed by atoms with Crippen molar-refractivity contribution in [1.82, 2.24) is 31.9 Å². The molecule has 8 N–H and O–H groups in total. The third-order valence-electron chi connectivity index (χ3n) is 14.8. The Morgan fingerprint density at radius 1 is 0.321 bits per heavy atom. The van der Waals surface area contributed by atoms with E-state index in [0.717, 1.165) is 90.8 Å². The van der Waals surface area contributed by atoms with Crippen molar-refractivity contribution in [2.75, 3.05) is 67.0 Å². The zero-order valence-corrected chi connectivity index (χ0v) is 53.1. The summed E-state index contributed by atoms with van der Waals surface area (Å²) in [6.45, 7) is 16.5. The summed E-state index contributed by atoms with van der Waals surface area (Å²) in [4.78, 5) is 93.1. The van der Waals surface area contributed by atoms with Crippen LogP contribution in [0.3, 0.4) is 0 Å². The van der Waals surface area contributed by atoms with Gasteiger partial charge in [-0.15, -0.1) is 0 Å². The highest BCUT2D eigenvalue weighted by Crippen LogP contribution is 2.15. The summed E-state index contributed by atoms with van der Waals surface area (Å²) in [5, 5.41) is 19.3. The summed E-state index contributed by atoms with van der Waals surface area (Å²) in [6.07, 6.45) is 37.4. The maximum atomic E-state index is 12.3. The maximum Gasteiger partial charge on any atom is 0.150 e. The highest BCUT2D eigenvalue weighted by Gasteiger charge is 2.19. The van der Waals surface area contributed by atoms with Gasteiger partial charge in [-0.3, -0.25) is 28.8 Å². The molecule has 0 amide bonds. The first-order chi connectivity index (χ1) is 38.6. The van der Waals surface area contributed by atoms with Gasteiger partial charge in [0, 0.05) is 64.2 Å². The van der Waals surface area contributed by atoms with Gasteiger partial charge in [0.25, 0.3) is 0 Å². The van der Waals surface area contributed by atoms with Gasteiger partial charge in [0.1, 0.15) is 46.3 Å². The third kappa shape index (κ3) is 64.5. The van der Waals surface area contributed by atoms with Crippen molar-refractivity contribution in [3.63, 3.8) is 0 Å². The second-order valence-electron chi connectivity index (χ2n) is 22.5. The van der Waals surface area contributed by atoms with Gasteiger partial charge in [0.05, 0.1) is 18.1 Å². The van der Waals surface area contributed by atoms with Crippen LogP contribution in [0, 0.1) is 0 Å². The third-order valence-corrected chi connectivity index (χ3v) is 14.8. The largest absolute Gasteiger partial charge is 0.330 e. The topological polar surface area (TPSA) is 235 Å². The number of unbranched alkanes of at least 4 members (excludes halogenated alkanes) is 20. The van der Waals surface area contributed by atoms with E-state index in [-0.39, 0.29) is 78.9 Å². The molecule has 0 spiro atoms. The van der Waals surface area contributed by atoms with Gasteiger partial charge in [0.15, 0.2) is 0 Å². The number of Topliss-reactive ketones (excluding diaryl/α,β-unsaturated/α-hetero) is 8. The number of hydrogen-bond donors (Lipinski definition) is 7. The van der Waals surface area contributed by atoms with E-state index in [9.17, 15) is 38.4 Å². The number of nitrogens with one attached hydrogen (secondary N) is 6. The van der Waals surface area contributed by atoms with Crippen LogP contribution >= 0.6 is 0 Å². The van der Waals surface area contributed by atoms with Crippen LogP contribution in [0.25, 0.3) is 0 Å². The Morgan fingerprint density at radius 3 is 0.938 bits per heavy atom. The number of hydrogen-bond acceptors (Lipinski definition) is 15. The predicted molar refractivity (Wildman–Crippen MR) is 341 cm³/mol. The van der Waals surface area contributed by atoms with Gasteiger partial charge >= 0.3 is 0 Å². The fourth-order valence-electron chi connectivity index (χ4n) is 9.29. The second-order valence-corrected chi connectivity index (χ2v) is 22.5. The van der Waals surface area contributed by atoms with Crippen LogP contribution in [0.15, 0.2) is 0 Å². The minimum absolute atomic E-state index is 0. The van der Waals surface area contributed by atoms with Gasteiger partial charge in [-0.1, -0.05) is 130 Å². The van der Waals surface area contributed by atoms with Crippen molar-refractivity contribution in [3.05, 3.63) is 0 Å². The Balaban J connectivity index is -0.000000548. The molecule has 0 fully saturated rings. The molecule has 3 unspecified atom stereocenters. The first kappa shape index (κ1) is 84.5. The highest BCUT2D eigenvalue weighted by atomic mass is 16.2. The van der Waals surface area contributed by atoms with Crippen molar-refractivity contribution in [2.24, 2.45) is 5.73 Å². The fraction of sp³-hybridized carbons (Fsp3) is 0.879. The summed E-state index contributed by atoms with van der Waals surface area (Å²) in [5.41, 5.74) is 5.45. The van der Waals surface area contributed by atoms with Gasteiger partial charge in [-0.2, -0.15) is 0 Å². The van der Waals surface area contributed by atoms with Crippen LogP contribution in [0.2, 0.25) is 0 Å². The van der Waals surface area contributed by atoms with E-state index in [4.69, 9.17) is 5.73 Å². The minimum atomic E-state index is -0.312. The SMILES string of the molecule is C.CCCCNCCCCCCCCCC(=O)C(CCC(=O)CCC(C)=O)NC.CCCCNCCCCCCCCCC(=O)CCC(NC)C(C)=O.CNC(CCC(=O)CCCCCCCCCNCCCN)C(=O)CCC(C)=O. The molecule has 3 atom stereocenters. The van der Waals surface area contributed by atoms with Crippen LogP contribution < -0.4 is 37.6 Å². The van der Waals surface area contributed by atoms with Crippen molar-refractivity contribution in [3.8, 4) is 0 Å². The lowest BCUT2D eigenvalue weighted by Crippen LogP contribution is -2.34. The van der Waals surface area contributed by atoms with Gasteiger partial charge < -0.3 is 47.2 Å². The molecule has 0 aromatic heterocycles. The number of carbonyl (C=O) groups excluding carboxylic acids is 8. The number of rotatable bonds is 60. The molecule has 0 bridgehead atoms. The summed E-state index contributed by atoms with van der Waals surface area (Å²) < 4.78 is 0. The van der Waals surface area contributed by atoms with Crippen molar-refractivity contribution in [2.45, 2.75) is 311 Å². The molecule has 0 radical (unpaired) electrons. The average molecular weight is 1150 g/mol. The van der Waals surface area contributed by atoms with Crippen molar-refractivity contribution >= 4 is 46.3 Å². The van der Waals surface area contributed by atoms with E-state index >= 15 is 0 Å². The molecule has 0 aliphatic heterocycles. The molecule has 0 heterocycles. The molecule has 81 heavy (non-hydrogen) atoms. The Labute approximate surface area is 497 Å². The number of likely N-dealkylation sites (N-methyl/N-ethyl adjacent to an activating group) is 3. The predicted octanol–water partition coefficient (Wildman–Crippen LogP) is 12.0. The van der Waals surface area contributed by atoms with E-state index in [1.165, 1.54) is 136 Å². The van der Waals surface area contributed by atoms with Gasteiger partial charge in [-0.25, -0.2) is 0 Å². The zero-order valence-electron chi connectivity index (χ0n) is 53.1. The Kier molecular flexibility index (Phi) is 69.1. The quantitative estimate of drug-likeness (QED) is 0.0281. The van der Waals surface area contributed by atoms with E-state index in [2.05, 4.69) is 45.7 Å². The fourth-order valence-corrected chi connectivity index (χ4v) is 9.29. The Bertz CT molecular complexity index is 1510. The summed E-state index contributed by atoms with van der Waals surface area (Å²) >= 11 is 0. The highest BCUT2D eigenvalue weighted by molar-refractivity contribution is 5.89. The first-order valence-electron chi connectivity index (χ1n) is 32.6. The lowest BCUT2D eigenvalue weighted by molar-refractivity contribution is -0.125. The second kappa shape index (κ2) is 66.2. The summed E-state index contributed by atoms with van der Waals surface area (Å²) in [5.74, 6) is 1.03. The molecular formula is C66H131N7O8. The molecule has 15 heteroatoms. The molecule has 0 rings (SSSR count). The molecule has 0 saturated carbocycles. The van der Waals surface area contributed by atoms with E-state index in [0.29, 0.717) is 76.4 Å². The Hall–Kier alpha value is -2.92. The van der Waals surface area contributed by atoms with Crippen molar-refractivity contribution < 1.29 is 38.4 Å². The molecule has 478 valence electrons. The molecular weight excluding hydrogens is 1020 g/mol. The average Bonchev–Trinajstić information content (AvgIpc) is 3.43. The standard InChI is InChI=1S/C23H44N2O3.C22H43N3O3.C20H40N2O2.CH4/c1-4-5-18-25-19-12-10-8-6-7-9-11-13-23(28)22(24-3)17-16-21(27)15-14-20(2)26;1-19(26)12-15-22(28)21(24-2)14-13-20(27)11-8-6-4-3-5-7-9-17-25-18-10-16-23;1-4-5-16-22-17-12-10-8-6-7-9-11-13-19(24)14-15-20(21-3)18(2)23;/h22,24-25H,4-19H2,1-3H3;21,24-25H,3-18,23H2,1-2H3;20-22H,4-17H2,1-3H3;1H4. The lowest BCUT2D eigenvalue weighted by atomic mass is 9.98. The molecule has 0 aromatic carbocycles. The summed E-state index contributed by atoms with van der Waals surface area (Å²) in [6, 6.07) is -0.708. The monoisotopic (exact) mass is 1150 g/mol. The summed E-state index contributed by atoms with van der Waals surface area (Å²) in [7, 11) is 5.29. The normalized spacial score (nSPS) is 12.0. The van der Waals surface area contributed by atoms with Crippen LogP contribution in [-0.2, 0) is 38.4 Å². The van der Waals surface area contributed by atoms with E-state index in [1.54, 1.807) is 28.1 Å². The zero-order chi connectivity index (χ0) is 60.1. The molecule has 15 nitrogen and oxygen atoms in total. The first-order valence-corrected chi connectivity index (χ1v) is 32.6. The number of nitrogens with two attached hydrogens (primary N) is 1. The minimum Gasteiger partial charge on any atom is -0.330 e. The van der Waals surface area contributed by atoms with E-state index < -0.39 is 0 Å². The van der Waals surface area contributed by atoms with Gasteiger partial charge in [-0.05, 0) is 165 Å². The Morgan fingerprint density at radius 2 is 0.605 bits per heavy atom. The van der Waals surface area contributed by atoms with Crippen LogP contribution in [0.4, 0.5) is 0 Å². The molecule has 0 saturated heterocycles. The molecule has 0 aliphatic rings. The lowest BCUT2D eigenvalue weighted by Gasteiger charge is -2.14. The van der Waals surface area contributed by atoms with Crippen LogP contribution in [0.5, 0.6) is 0 Å². The molecule has 0 aliphatic carbocycles. The van der Waals surface area contributed by atoms with Crippen LogP contribution in [-0.4, -0.2) is 131 Å². The number of carbonyl (C=O) groups is 8.